The number of piperazine rings is 1. The minimum atomic E-state index is 0.132. The number of aromatic nitrogens is 3. The van der Waals surface area contributed by atoms with Crippen molar-refractivity contribution in [2.45, 2.75) is 64.1 Å². The molecule has 2 aromatic heterocycles. The Morgan fingerprint density at radius 3 is 2.52 bits per heavy atom. The second-order valence-corrected chi connectivity index (χ2v) is 9.32. The third-order valence-electron chi connectivity index (χ3n) is 6.36. The van der Waals surface area contributed by atoms with Gasteiger partial charge in [0.2, 0.25) is 17.5 Å². The zero-order chi connectivity index (χ0) is 22.0. The largest absolute Gasteiger partial charge is 0.424 e. The first-order chi connectivity index (χ1) is 15.0. The van der Waals surface area contributed by atoms with Gasteiger partial charge >= 0.3 is 0 Å². The van der Waals surface area contributed by atoms with Crippen LogP contribution in [-0.2, 0) is 4.79 Å². The normalized spacial score (nSPS) is 17.7. The smallest absolute Gasteiger partial charge is 0.234 e. The molecule has 4 rings (SSSR count). The minimum absolute atomic E-state index is 0.132. The van der Waals surface area contributed by atoms with Gasteiger partial charge in [0.05, 0.1) is 11.4 Å². The summed E-state index contributed by atoms with van der Waals surface area (Å²) in [5.41, 5.74) is 2.60. The summed E-state index contributed by atoms with van der Waals surface area (Å²) in [5.74, 6) is 1.53. The van der Waals surface area contributed by atoms with Crippen LogP contribution in [0.15, 0.2) is 9.57 Å². The lowest BCUT2D eigenvalue weighted by Gasteiger charge is -2.34. The number of nitrogens with zero attached hydrogens (tertiary/aromatic N) is 6. The highest BCUT2D eigenvalue weighted by Gasteiger charge is 2.27. The van der Waals surface area contributed by atoms with Crippen LogP contribution in [0.2, 0.25) is 0 Å². The molecule has 0 N–H and O–H groups in total. The number of hydrogen-bond acceptors (Lipinski definition) is 7. The summed E-state index contributed by atoms with van der Waals surface area (Å²) in [4.78, 5) is 25.7. The lowest BCUT2D eigenvalue weighted by Crippen LogP contribution is -2.49. The molecule has 0 radical (unpaired) electrons. The molecule has 1 aliphatic carbocycles. The molecule has 8 nitrogen and oxygen atoms in total. The predicted octanol–water partition coefficient (Wildman–Crippen LogP) is 3.61. The van der Waals surface area contributed by atoms with Gasteiger partial charge in [0.1, 0.15) is 6.07 Å². The maximum absolute atomic E-state index is 12.9. The highest BCUT2D eigenvalue weighted by molar-refractivity contribution is 7.99. The minimum Gasteiger partial charge on any atom is -0.424 e. The number of anilines is 1. The van der Waals surface area contributed by atoms with Crippen LogP contribution in [0.3, 0.4) is 0 Å². The van der Waals surface area contributed by atoms with Gasteiger partial charge in [-0.05, 0) is 26.7 Å². The number of carbonyl (C=O) groups is 1. The fourth-order valence-corrected chi connectivity index (χ4v) is 5.61. The summed E-state index contributed by atoms with van der Waals surface area (Å²) in [6, 6.07) is 2.60. The zero-order valence-corrected chi connectivity index (χ0v) is 19.4. The molecule has 1 amide bonds. The number of rotatable bonds is 5. The standard InChI is InChI=1S/C22H30N6O2S/c1-15-16(2)28(18-7-5-4-6-8-18)22(24-15)31-14-20(29)26-9-11-27(12-10-26)21-19(13-23)25-17(3)30-21/h18H,4-12,14H2,1-3H3. The lowest BCUT2D eigenvalue weighted by atomic mass is 9.95. The van der Waals surface area contributed by atoms with Crippen LogP contribution < -0.4 is 4.90 Å². The molecule has 166 valence electrons. The van der Waals surface area contributed by atoms with Gasteiger partial charge in [-0.2, -0.15) is 5.26 Å². The fourth-order valence-electron chi connectivity index (χ4n) is 4.55. The summed E-state index contributed by atoms with van der Waals surface area (Å²) in [6.07, 6.45) is 6.26. The van der Waals surface area contributed by atoms with E-state index in [1.165, 1.54) is 37.8 Å². The second kappa shape index (κ2) is 9.35. The van der Waals surface area contributed by atoms with Crippen LogP contribution in [0.1, 0.15) is 61.1 Å². The summed E-state index contributed by atoms with van der Waals surface area (Å²) >= 11 is 1.56. The van der Waals surface area contributed by atoms with Crippen molar-refractivity contribution in [1.82, 2.24) is 19.4 Å². The molecule has 0 aromatic carbocycles. The summed E-state index contributed by atoms with van der Waals surface area (Å²) in [7, 11) is 0. The monoisotopic (exact) mass is 442 g/mol. The molecule has 2 fully saturated rings. The molecule has 1 saturated carbocycles. The average molecular weight is 443 g/mol. The first kappa shape index (κ1) is 21.8. The molecular weight excluding hydrogens is 412 g/mol. The van der Waals surface area contributed by atoms with Crippen LogP contribution >= 0.6 is 11.8 Å². The Kier molecular flexibility index (Phi) is 6.56. The number of aryl methyl sites for hydroxylation is 2. The molecule has 0 atom stereocenters. The maximum atomic E-state index is 12.9. The van der Waals surface area contributed by atoms with Gasteiger partial charge in [-0.15, -0.1) is 0 Å². The third kappa shape index (κ3) is 4.59. The van der Waals surface area contributed by atoms with E-state index in [9.17, 15) is 10.1 Å². The Morgan fingerprint density at radius 1 is 1.13 bits per heavy atom. The summed E-state index contributed by atoms with van der Waals surface area (Å²) < 4.78 is 7.98. The van der Waals surface area contributed by atoms with Gasteiger partial charge in [-0.1, -0.05) is 31.0 Å². The van der Waals surface area contributed by atoms with Crippen LogP contribution in [0.25, 0.3) is 0 Å². The number of nitriles is 1. The van der Waals surface area contributed by atoms with Crippen LogP contribution in [0.5, 0.6) is 0 Å². The van der Waals surface area contributed by atoms with Gasteiger partial charge in [-0.25, -0.2) is 9.97 Å². The van der Waals surface area contributed by atoms with Crippen molar-refractivity contribution in [2.24, 2.45) is 0 Å². The molecular formula is C22H30N6O2S. The topological polar surface area (TPSA) is 91.2 Å². The molecule has 1 saturated heterocycles. The zero-order valence-electron chi connectivity index (χ0n) is 18.6. The molecule has 1 aliphatic heterocycles. The van der Waals surface area contributed by atoms with Crippen LogP contribution in [0.4, 0.5) is 5.88 Å². The molecule has 31 heavy (non-hydrogen) atoms. The number of hydrogen-bond donors (Lipinski definition) is 0. The van der Waals surface area contributed by atoms with E-state index in [0.29, 0.717) is 55.4 Å². The van der Waals surface area contributed by atoms with Crippen molar-refractivity contribution in [3.63, 3.8) is 0 Å². The van der Waals surface area contributed by atoms with Crippen molar-refractivity contribution in [2.75, 3.05) is 36.8 Å². The van der Waals surface area contributed by atoms with E-state index < -0.39 is 0 Å². The molecule has 2 aromatic rings. The van der Waals surface area contributed by atoms with Crippen molar-refractivity contribution in [3.8, 4) is 6.07 Å². The van der Waals surface area contributed by atoms with Crippen LogP contribution in [0, 0.1) is 32.1 Å². The van der Waals surface area contributed by atoms with Crippen molar-refractivity contribution in [1.29, 1.82) is 5.26 Å². The van der Waals surface area contributed by atoms with Gasteiger partial charge < -0.3 is 18.8 Å². The van der Waals surface area contributed by atoms with E-state index in [0.717, 1.165) is 10.9 Å². The Morgan fingerprint density at radius 2 is 1.84 bits per heavy atom. The molecule has 2 aliphatic rings. The van der Waals surface area contributed by atoms with E-state index in [1.807, 2.05) is 9.80 Å². The highest BCUT2D eigenvalue weighted by atomic mass is 32.2. The fraction of sp³-hybridized carbons (Fsp3) is 0.636. The summed E-state index contributed by atoms with van der Waals surface area (Å²) in [6.45, 7) is 8.42. The van der Waals surface area contributed by atoms with Gasteiger partial charge in [0.25, 0.3) is 0 Å². The first-order valence-electron chi connectivity index (χ1n) is 11.1. The molecule has 0 spiro atoms. The van der Waals surface area contributed by atoms with Crippen LogP contribution in [-0.4, -0.2) is 57.3 Å². The van der Waals surface area contributed by atoms with E-state index in [1.54, 1.807) is 18.7 Å². The predicted molar refractivity (Wildman–Crippen MR) is 119 cm³/mol. The van der Waals surface area contributed by atoms with Crippen molar-refractivity contribution in [3.05, 3.63) is 23.0 Å². The number of oxazole rings is 1. The Bertz CT molecular complexity index is 977. The Balaban J connectivity index is 1.35. The van der Waals surface area contributed by atoms with Crippen molar-refractivity contribution >= 4 is 23.6 Å². The quantitative estimate of drug-likeness (QED) is 0.653. The average Bonchev–Trinajstić information content (AvgIpc) is 3.31. The number of carbonyl (C=O) groups excluding carboxylic acids is 1. The molecule has 0 bridgehead atoms. The maximum Gasteiger partial charge on any atom is 0.234 e. The number of thioether (sulfide) groups is 1. The van der Waals surface area contributed by atoms with Gasteiger partial charge in [-0.3, -0.25) is 4.79 Å². The molecule has 9 heteroatoms. The van der Waals surface area contributed by atoms with E-state index >= 15 is 0 Å². The SMILES string of the molecule is Cc1nc(C#N)c(N2CCN(C(=O)CSc3nc(C)c(C)n3C3CCCCC3)CC2)o1. The number of amides is 1. The van der Waals surface area contributed by atoms with Gasteiger partial charge in [0, 0.05) is 44.8 Å². The Hall–Kier alpha value is -2.47. The molecule has 0 unspecified atom stereocenters. The third-order valence-corrected chi connectivity index (χ3v) is 7.30. The second-order valence-electron chi connectivity index (χ2n) is 8.38. The van der Waals surface area contributed by atoms with Crippen molar-refractivity contribution < 1.29 is 9.21 Å². The first-order valence-corrected chi connectivity index (χ1v) is 12.0. The van der Waals surface area contributed by atoms with E-state index in [-0.39, 0.29) is 5.91 Å². The van der Waals surface area contributed by atoms with E-state index in [4.69, 9.17) is 9.40 Å². The Labute approximate surface area is 187 Å². The number of imidazole rings is 1. The lowest BCUT2D eigenvalue weighted by molar-refractivity contribution is -0.128. The molecule has 3 heterocycles. The summed E-state index contributed by atoms with van der Waals surface area (Å²) in [5, 5.41) is 10.2. The highest BCUT2D eigenvalue weighted by Crippen LogP contribution is 2.34. The van der Waals surface area contributed by atoms with Gasteiger partial charge in [0.15, 0.2) is 11.0 Å². The van der Waals surface area contributed by atoms with E-state index in [2.05, 4.69) is 29.5 Å².